The number of methoxy groups -OCH3 is 1. The fourth-order valence-electron chi connectivity index (χ4n) is 7.59. The Kier molecular flexibility index (Phi) is 7.34. The van der Waals surface area contributed by atoms with Crippen molar-refractivity contribution in [3.05, 3.63) is 51.4 Å². The first-order valence-electron chi connectivity index (χ1n) is 15.1. The van der Waals surface area contributed by atoms with Crippen molar-refractivity contribution >= 4 is 22.3 Å². The minimum Gasteiger partial charge on any atom is -0.476 e. The first-order chi connectivity index (χ1) is 21.7. The monoisotopic (exact) mass is 630 g/mol. The highest BCUT2D eigenvalue weighted by Gasteiger charge is 2.49. The number of nitrogens with two attached hydrogens (primary N) is 1. The van der Waals surface area contributed by atoms with Crippen LogP contribution >= 0.6 is 11.3 Å². The SMILES string of the molecule is CO[C@H]1CCN(C)[C@@H]1[C@H](C)Oc1cc(-n2ccc(C(=O)O)n2)nc(-c2noc3c2CCC[C@@]32CCCc3sc(N)c(C#N)c32)n1. The first kappa shape index (κ1) is 29.4. The lowest BCUT2D eigenvalue weighted by atomic mass is 9.63. The summed E-state index contributed by atoms with van der Waals surface area (Å²) in [5.74, 6) is 0.513. The molecule has 2 aliphatic carbocycles. The summed E-state index contributed by atoms with van der Waals surface area (Å²) >= 11 is 1.50. The van der Waals surface area contributed by atoms with Crippen molar-refractivity contribution in [2.75, 3.05) is 26.4 Å². The van der Waals surface area contributed by atoms with Crippen molar-refractivity contribution in [3.63, 3.8) is 0 Å². The third kappa shape index (κ3) is 4.77. The van der Waals surface area contributed by atoms with Gasteiger partial charge in [0.15, 0.2) is 28.8 Å². The zero-order chi connectivity index (χ0) is 31.5. The van der Waals surface area contributed by atoms with E-state index in [0.29, 0.717) is 34.4 Å². The van der Waals surface area contributed by atoms with Crippen molar-refractivity contribution < 1.29 is 23.9 Å². The van der Waals surface area contributed by atoms with Crippen molar-refractivity contribution in [3.8, 4) is 29.3 Å². The topological polar surface area (TPSA) is 178 Å². The van der Waals surface area contributed by atoms with Gasteiger partial charge in [0.25, 0.3) is 0 Å². The minimum atomic E-state index is -1.14. The van der Waals surface area contributed by atoms with Crippen LogP contribution in [0.25, 0.3) is 17.3 Å². The fraction of sp³-hybridized carbons (Fsp3) is 0.484. The molecule has 4 atom stereocenters. The molecule has 0 unspecified atom stereocenters. The standard InChI is InChI=1S/C31H34N8O5S/c1-16(26-20(42-3)9-12-38(26)2)43-23-14-22(39-13-8-19(36-39)30(40)41)34-29(35-23)25-17-6-4-10-31(27(17)44-37-25)11-5-7-21-24(31)18(15-32)28(33)45-21/h8,13-14,16,20,26H,4-7,9-12,33H2,1-3H3,(H,40,41)/t16-,20-,26+,31-/m0/s1. The Labute approximate surface area is 263 Å². The lowest BCUT2D eigenvalue weighted by Crippen LogP contribution is -2.44. The van der Waals surface area contributed by atoms with Gasteiger partial charge in [0, 0.05) is 36.4 Å². The molecule has 5 heterocycles. The molecule has 1 spiro atoms. The van der Waals surface area contributed by atoms with E-state index in [9.17, 15) is 15.2 Å². The van der Waals surface area contributed by atoms with E-state index in [2.05, 4.69) is 21.2 Å². The molecule has 0 aromatic carbocycles. The van der Waals surface area contributed by atoms with Crippen molar-refractivity contribution in [2.24, 2.45) is 0 Å². The van der Waals surface area contributed by atoms with Crippen LogP contribution in [0.15, 0.2) is 22.9 Å². The van der Waals surface area contributed by atoms with Crippen LogP contribution in [0.3, 0.4) is 0 Å². The van der Waals surface area contributed by atoms with Gasteiger partial charge >= 0.3 is 5.97 Å². The van der Waals surface area contributed by atoms with Gasteiger partial charge in [-0.2, -0.15) is 15.3 Å². The van der Waals surface area contributed by atoms with Crippen LogP contribution in [0.5, 0.6) is 5.88 Å². The van der Waals surface area contributed by atoms with Gasteiger partial charge in [-0.25, -0.2) is 14.5 Å². The highest BCUT2D eigenvalue weighted by Crippen LogP contribution is 2.55. The summed E-state index contributed by atoms with van der Waals surface area (Å²) in [5, 5.41) is 28.8. The van der Waals surface area contributed by atoms with E-state index in [0.717, 1.165) is 66.8 Å². The molecule has 1 fully saturated rings. The van der Waals surface area contributed by atoms with Gasteiger partial charge in [0.2, 0.25) is 5.88 Å². The Balaban J connectivity index is 1.33. The van der Waals surface area contributed by atoms with Crippen LogP contribution in [0, 0.1) is 11.3 Å². The maximum Gasteiger partial charge on any atom is 0.356 e. The number of nitrogens with zero attached hydrogens (tertiary/aromatic N) is 7. The number of likely N-dealkylation sites (N-methyl/N-ethyl adjacent to an activating group) is 1. The average molecular weight is 631 g/mol. The Morgan fingerprint density at radius 3 is 2.84 bits per heavy atom. The van der Waals surface area contributed by atoms with Gasteiger partial charge in [0.1, 0.15) is 17.2 Å². The van der Waals surface area contributed by atoms with Crippen LogP contribution < -0.4 is 10.5 Å². The Morgan fingerprint density at radius 2 is 2.11 bits per heavy atom. The van der Waals surface area contributed by atoms with E-state index >= 15 is 0 Å². The van der Waals surface area contributed by atoms with Gasteiger partial charge in [-0.15, -0.1) is 11.3 Å². The van der Waals surface area contributed by atoms with Crippen LogP contribution in [-0.2, 0) is 23.0 Å². The number of aromatic carboxylic acids is 1. The molecule has 45 heavy (non-hydrogen) atoms. The van der Waals surface area contributed by atoms with E-state index < -0.39 is 11.4 Å². The average Bonchev–Trinajstić information content (AvgIpc) is 3.82. The van der Waals surface area contributed by atoms with Crippen molar-refractivity contribution in [2.45, 2.75) is 75.5 Å². The number of nitrogen functional groups attached to an aromatic ring is 1. The van der Waals surface area contributed by atoms with Crippen molar-refractivity contribution in [1.82, 2.24) is 29.8 Å². The Hall–Kier alpha value is -4.32. The summed E-state index contributed by atoms with van der Waals surface area (Å²) in [4.78, 5) is 24.5. The number of thiophene rings is 1. The van der Waals surface area contributed by atoms with Gasteiger partial charge in [-0.1, -0.05) is 5.16 Å². The lowest BCUT2D eigenvalue weighted by Gasteiger charge is -2.39. The number of hydrogen-bond donors (Lipinski definition) is 2. The molecular weight excluding hydrogens is 596 g/mol. The zero-order valence-electron chi connectivity index (χ0n) is 25.3. The number of nitriles is 1. The maximum absolute atomic E-state index is 11.6. The molecule has 0 bridgehead atoms. The number of aromatic nitrogens is 5. The summed E-state index contributed by atoms with van der Waals surface area (Å²) in [6.07, 6.45) is 7.25. The number of ether oxygens (including phenoxy) is 2. The van der Waals surface area contributed by atoms with E-state index in [4.69, 9.17) is 29.7 Å². The third-order valence-electron chi connectivity index (χ3n) is 9.55. The highest BCUT2D eigenvalue weighted by atomic mass is 32.1. The van der Waals surface area contributed by atoms with Gasteiger partial charge < -0.3 is 24.8 Å². The normalized spacial score (nSPS) is 23.4. The molecule has 0 saturated carbocycles. The largest absolute Gasteiger partial charge is 0.476 e. The number of carboxylic acid groups (broad SMARTS) is 1. The van der Waals surface area contributed by atoms with E-state index in [1.165, 1.54) is 28.3 Å². The van der Waals surface area contributed by atoms with Crippen LogP contribution in [0.1, 0.15) is 76.8 Å². The summed E-state index contributed by atoms with van der Waals surface area (Å²) in [7, 11) is 3.76. The summed E-state index contributed by atoms with van der Waals surface area (Å²) in [6, 6.07) is 5.42. The van der Waals surface area contributed by atoms with E-state index in [1.54, 1.807) is 13.2 Å². The predicted octanol–water partition coefficient (Wildman–Crippen LogP) is 3.98. The smallest absolute Gasteiger partial charge is 0.356 e. The summed E-state index contributed by atoms with van der Waals surface area (Å²) in [5.41, 5.74) is 8.65. The van der Waals surface area contributed by atoms with E-state index in [-0.39, 0.29) is 29.8 Å². The van der Waals surface area contributed by atoms with Gasteiger partial charge in [-0.05, 0) is 70.5 Å². The Morgan fingerprint density at radius 1 is 1.31 bits per heavy atom. The second kappa shape index (κ2) is 11.2. The van der Waals surface area contributed by atoms with Crippen molar-refractivity contribution in [1.29, 1.82) is 5.26 Å². The molecule has 3 aliphatic rings. The Bertz CT molecular complexity index is 1820. The zero-order valence-corrected chi connectivity index (χ0v) is 26.1. The van der Waals surface area contributed by atoms with Gasteiger partial charge in [-0.3, -0.25) is 4.90 Å². The molecule has 0 amide bonds. The molecule has 13 nitrogen and oxygen atoms in total. The highest BCUT2D eigenvalue weighted by molar-refractivity contribution is 7.16. The number of carboxylic acids is 1. The van der Waals surface area contributed by atoms with Crippen LogP contribution in [0.2, 0.25) is 0 Å². The van der Waals surface area contributed by atoms with Crippen LogP contribution in [-0.4, -0.2) is 79.8 Å². The molecule has 14 heteroatoms. The number of carbonyl (C=O) groups is 1. The lowest BCUT2D eigenvalue weighted by molar-refractivity contribution is 0.0174. The van der Waals surface area contributed by atoms with E-state index in [1.807, 2.05) is 14.0 Å². The molecule has 1 saturated heterocycles. The molecular formula is C31H34N8O5S. The molecule has 1 aliphatic heterocycles. The predicted molar refractivity (Wildman–Crippen MR) is 164 cm³/mol. The van der Waals surface area contributed by atoms with Gasteiger partial charge in [0.05, 0.1) is 23.1 Å². The second-order valence-electron chi connectivity index (χ2n) is 12.1. The number of hydrogen-bond acceptors (Lipinski definition) is 12. The number of fused-ring (bicyclic) bond motifs is 4. The number of likely N-dealkylation sites (tertiary alicyclic amines) is 1. The molecule has 234 valence electrons. The quantitative estimate of drug-likeness (QED) is 0.301. The summed E-state index contributed by atoms with van der Waals surface area (Å²) < 4.78 is 19.8. The number of anilines is 1. The molecule has 3 N–H and O–H groups in total. The first-order valence-corrected chi connectivity index (χ1v) is 15.9. The molecule has 4 aromatic rings. The third-order valence-corrected chi connectivity index (χ3v) is 10.6. The molecule has 4 aromatic heterocycles. The molecule has 0 radical (unpaired) electrons. The second-order valence-corrected chi connectivity index (χ2v) is 13.2. The molecule has 7 rings (SSSR count). The maximum atomic E-state index is 11.6. The van der Waals surface area contributed by atoms with Crippen LogP contribution in [0.4, 0.5) is 5.00 Å². The number of rotatable bonds is 7. The number of aryl methyl sites for hydroxylation is 1. The fourth-order valence-corrected chi connectivity index (χ4v) is 8.75. The minimum absolute atomic E-state index is 0.00715. The summed E-state index contributed by atoms with van der Waals surface area (Å²) in [6.45, 7) is 2.87.